The Labute approximate surface area is 128 Å². The van der Waals surface area contributed by atoms with Crippen molar-refractivity contribution in [2.45, 2.75) is 4.90 Å². The van der Waals surface area contributed by atoms with Crippen molar-refractivity contribution in [1.82, 2.24) is 0 Å². The maximum atomic E-state index is 12.3. The maximum Gasteiger partial charge on any atom is 0.263 e. The predicted octanol–water partition coefficient (Wildman–Crippen LogP) is 3.16. The lowest BCUT2D eigenvalue weighted by Crippen LogP contribution is -2.13. The van der Waals surface area contributed by atoms with Gasteiger partial charge in [-0.15, -0.1) is 0 Å². The molecule has 0 heterocycles. The molecule has 1 N–H and O–H groups in total. The van der Waals surface area contributed by atoms with E-state index in [0.717, 1.165) is 0 Å². The third-order valence-electron chi connectivity index (χ3n) is 2.73. The summed E-state index contributed by atoms with van der Waals surface area (Å²) in [6, 6.07) is 11.0. The second-order valence-electron chi connectivity index (χ2n) is 4.14. The molecule has 5 nitrogen and oxygen atoms in total. The van der Waals surface area contributed by atoms with Gasteiger partial charge in [0.2, 0.25) is 0 Å². The topological polar surface area (TPSA) is 64.6 Å². The van der Waals surface area contributed by atoms with Crippen LogP contribution in [0.3, 0.4) is 0 Å². The number of sulfonamides is 1. The minimum absolute atomic E-state index is 0.00783. The summed E-state index contributed by atoms with van der Waals surface area (Å²) in [5.41, 5.74) is 0.325. The lowest BCUT2D eigenvalue weighted by molar-refractivity contribution is 0.395. The van der Waals surface area contributed by atoms with E-state index in [-0.39, 0.29) is 9.92 Å². The summed E-state index contributed by atoms with van der Waals surface area (Å²) in [6.07, 6.45) is 0. The molecule has 0 bridgehead atoms. The molecule has 112 valence electrons. The highest BCUT2D eigenvalue weighted by atomic mass is 35.5. The van der Waals surface area contributed by atoms with Crippen molar-refractivity contribution in [3.05, 3.63) is 47.5 Å². The molecule has 0 atom stereocenters. The summed E-state index contributed by atoms with van der Waals surface area (Å²) < 4.78 is 37.3. The largest absolute Gasteiger partial charge is 0.497 e. The molecule has 0 fully saturated rings. The number of anilines is 1. The Bertz CT molecular complexity index is 724. The summed E-state index contributed by atoms with van der Waals surface area (Å²) in [5, 5.41) is 0.153. The van der Waals surface area contributed by atoms with E-state index in [1.807, 2.05) is 0 Å². The summed E-state index contributed by atoms with van der Waals surface area (Å²) >= 11 is 5.92. The van der Waals surface area contributed by atoms with Crippen LogP contribution < -0.4 is 14.2 Å². The fourth-order valence-electron chi connectivity index (χ4n) is 1.74. The van der Waals surface area contributed by atoms with Crippen LogP contribution in [-0.2, 0) is 10.0 Å². The van der Waals surface area contributed by atoms with Crippen molar-refractivity contribution >= 4 is 27.3 Å². The first-order chi connectivity index (χ1) is 9.96. The lowest BCUT2D eigenvalue weighted by atomic mass is 10.3. The van der Waals surface area contributed by atoms with Crippen molar-refractivity contribution in [3.63, 3.8) is 0 Å². The van der Waals surface area contributed by atoms with Crippen LogP contribution in [0.1, 0.15) is 0 Å². The monoisotopic (exact) mass is 327 g/mol. The Morgan fingerprint density at radius 3 is 2.10 bits per heavy atom. The highest BCUT2D eigenvalue weighted by Gasteiger charge is 2.18. The Kier molecular flexibility index (Phi) is 4.59. The zero-order valence-electron chi connectivity index (χ0n) is 11.5. The first-order valence-electron chi connectivity index (χ1n) is 5.96. The zero-order chi connectivity index (χ0) is 15.5. The van der Waals surface area contributed by atoms with Crippen LogP contribution in [0.2, 0.25) is 5.02 Å². The van der Waals surface area contributed by atoms with Gasteiger partial charge in [0.25, 0.3) is 10.0 Å². The normalized spacial score (nSPS) is 11.0. The van der Waals surface area contributed by atoms with Crippen LogP contribution in [0.15, 0.2) is 47.4 Å². The molecule has 0 amide bonds. The van der Waals surface area contributed by atoms with Crippen LogP contribution in [0.4, 0.5) is 5.69 Å². The van der Waals surface area contributed by atoms with Gasteiger partial charge >= 0.3 is 0 Å². The van der Waals surface area contributed by atoms with Crippen LogP contribution in [0, 0.1) is 0 Å². The Morgan fingerprint density at radius 2 is 1.57 bits per heavy atom. The molecule has 0 aliphatic rings. The average Bonchev–Trinajstić information content (AvgIpc) is 2.46. The third-order valence-corrected chi connectivity index (χ3v) is 4.61. The zero-order valence-corrected chi connectivity index (χ0v) is 13.0. The predicted molar refractivity (Wildman–Crippen MR) is 81.8 cm³/mol. The van der Waals surface area contributed by atoms with E-state index in [0.29, 0.717) is 17.2 Å². The van der Waals surface area contributed by atoms with Crippen LogP contribution >= 0.6 is 11.6 Å². The van der Waals surface area contributed by atoms with E-state index in [1.165, 1.54) is 26.4 Å². The van der Waals surface area contributed by atoms with Gasteiger partial charge in [0, 0.05) is 18.2 Å². The molecule has 0 radical (unpaired) electrons. The van der Waals surface area contributed by atoms with Gasteiger partial charge in [-0.25, -0.2) is 8.42 Å². The molecule has 2 rings (SSSR count). The smallest absolute Gasteiger partial charge is 0.263 e. The fourth-order valence-corrected chi connectivity index (χ4v) is 3.30. The van der Waals surface area contributed by atoms with Crippen molar-refractivity contribution < 1.29 is 17.9 Å². The standard InChI is InChI=1S/C14H14ClNO4S/c1-19-11-7-10(8-12(9-11)20-2)16-21(17,18)14-6-4-3-5-13(14)15/h3-9,16H,1-2H3. The quantitative estimate of drug-likeness (QED) is 0.916. The minimum atomic E-state index is -3.79. The number of ether oxygens (including phenoxy) is 2. The lowest BCUT2D eigenvalue weighted by Gasteiger charge is -2.12. The van der Waals surface area contributed by atoms with Crippen molar-refractivity contribution in [2.24, 2.45) is 0 Å². The van der Waals surface area contributed by atoms with E-state index >= 15 is 0 Å². The molecule has 0 aromatic heterocycles. The molecule has 0 aliphatic heterocycles. The molecule has 21 heavy (non-hydrogen) atoms. The molecular weight excluding hydrogens is 314 g/mol. The van der Waals surface area contributed by atoms with E-state index in [2.05, 4.69) is 4.72 Å². The van der Waals surface area contributed by atoms with E-state index in [1.54, 1.807) is 30.3 Å². The second-order valence-corrected chi connectivity index (χ2v) is 6.20. The molecule has 0 saturated carbocycles. The molecule has 0 saturated heterocycles. The molecule has 0 unspecified atom stereocenters. The number of methoxy groups -OCH3 is 2. The number of benzene rings is 2. The number of hydrogen-bond acceptors (Lipinski definition) is 4. The van der Waals surface area contributed by atoms with Gasteiger partial charge < -0.3 is 9.47 Å². The van der Waals surface area contributed by atoms with Crippen molar-refractivity contribution in [2.75, 3.05) is 18.9 Å². The second kappa shape index (κ2) is 6.24. The number of nitrogens with one attached hydrogen (secondary N) is 1. The third kappa shape index (κ3) is 3.59. The SMILES string of the molecule is COc1cc(NS(=O)(=O)c2ccccc2Cl)cc(OC)c1. The summed E-state index contributed by atoms with van der Waals surface area (Å²) in [6.45, 7) is 0. The van der Waals surface area contributed by atoms with Gasteiger partial charge in [-0.05, 0) is 12.1 Å². The first-order valence-corrected chi connectivity index (χ1v) is 7.83. The average molecular weight is 328 g/mol. The van der Waals surface area contributed by atoms with Gasteiger partial charge in [-0.2, -0.15) is 0 Å². The molecule has 0 aliphatic carbocycles. The van der Waals surface area contributed by atoms with E-state index in [9.17, 15) is 8.42 Å². The van der Waals surface area contributed by atoms with Gasteiger partial charge in [-0.1, -0.05) is 23.7 Å². The molecular formula is C14H14ClNO4S. The maximum absolute atomic E-state index is 12.3. The molecule has 0 spiro atoms. The van der Waals surface area contributed by atoms with Gasteiger partial charge in [0.1, 0.15) is 16.4 Å². The molecule has 2 aromatic rings. The van der Waals surface area contributed by atoms with Crippen molar-refractivity contribution in [1.29, 1.82) is 0 Å². The van der Waals surface area contributed by atoms with E-state index < -0.39 is 10.0 Å². The summed E-state index contributed by atoms with van der Waals surface area (Å²) in [7, 11) is -0.813. The molecule has 7 heteroatoms. The number of rotatable bonds is 5. The van der Waals surface area contributed by atoms with Gasteiger partial charge in [0.05, 0.1) is 24.9 Å². The Balaban J connectivity index is 2.39. The number of halogens is 1. The first kappa shape index (κ1) is 15.5. The Hall–Kier alpha value is -1.92. The summed E-state index contributed by atoms with van der Waals surface area (Å²) in [4.78, 5) is 0.00783. The van der Waals surface area contributed by atoms with Crippen LogP contribution in [-0.4, -0.2) is 22.6 Å². The van der Waals surface area contributed by atoms with Gasteiger partial charge in [-0.3, -0.25) is 4.72 Å². The molecule has 2 aromatic carbocycles. The van der Waals surface area contributed by atoms with Crippen LogP contribution in [0.25, 0.3) is 0 Å². The summed E-state index contributed by atoms with van der Waals surface area (Å²) in [5.74, 6) is 0.956. The highest BCUT2D eigenvalue weighted by Crippen LogP contribution is 2.29. The van der Waals surface area contributed by atoms with Crippen LogP contribution in [0.5, 0.6) is 11.5 Å². The Morgan fingerprint density at radius 1 is 1.00 bits per heavy atom. The number of hydrogen-bond donors (Lipinski definition) is 1. The fraction of sp³-hybridized carbons (Fsp3) is 0.143. The minimum Gasteiger partial charge on any atom is -0.497 e. The van der Waals surface area contributed by atoms with E-state index in [4.69, 9.17) is 21.1 Å². The highest BCUT2D eigenvalue weighted by molar-refractivity contribution is 7.92. The van der Waals surface area contributed by atoms with Crippen molar-refractivity contribution in [3.8, 4) is 11.5 Å². The van der Waals surface area contributed by atoms with Gasteiger partial charge in [0.15, 0.2) is 0 Å².